The molecule has 1 aromatic heterocycles. The summed E-state index contributed by atoms with van der Waals surface area (Å²) in [4.78, 5) is 19.0. The van der Waals surface area contributed by atoms with Crippen molar-refractivity contribution in [3.05, 3.63) is 78.3 Å². The summed E-state index contributed by atoms with van der Waals surface area (Å²) in [6.45, 7) is 3.26. The lowest BCUT2D eigenvalue weighted by atomic mass is 10.1. The number of oxazole rings is 1. The summed E-state index contributed by atoms with van der Waals surface area (Å²) in [6.07, 6.45) is 3.57. The maximum absolute atomic E-state index is 12.8. The molecule has 1 saturated heterocycles. The van der Waals surface area contributed by atoms with Crippen molar-refractivity contribution < 1.29 is 13.9 Å². The number of rotatable bonds is 6. The quantitative estimate of drug-likeness (QED) is 0.615. The van der Waals surface area contributed by atoms with Crippen LogP contribution in [0.25, 0.3) is 11.3 Å². The third-order valence-electron chi connectivity index (χ3n) is 5.18. The Kier molecular flexibility index (Phi) is 6.06. The van der Waals surface area contributed by atoms with E-state index in [9.17, 15) is 4.79 Å². The molecule has 2 unspecified atom stereocenters. The number of morpholine rings is 1. The number of benzene rings is 2. The second kappa shape index (κ2) is 9.05. The fourth-order valence-electron chi connectivity index (χ4n) is 3.72. The predicted octanol–water partition coefficient (Wildman–Crippen LogP) is 4.65. The SMILES string of the molecule is CC1CN(C(=O)CCCc2ncc(-c3ccccc3)o2)CC(c2ccccc2)O1. The van der Waals surface area contributed by atoms with Crippen LogP contribution in [0.2, 0.25) is 0 Å². The molecule has 150 valence electrons. The maximum atomic E-state index is 12.8. The fraction of sp³-hybridized carbons (Fsp3) is 0.333. The highest BCUT2D eigenvalue weighted by atomic mass is 16.5. The van der Waals surface area contributed by atoms with Gasteiger partial charge in [-0.25, -0.2) is 4.98 Å². The van der Waals surface area contributed by atoms with E-state index in [2.05, 4.69) is 17.1 Å². The topological polar surface area (TPSA) is 55.6 Å². The zero-order chi connectivity index (χ0) is 20.1. The molecular formula is C24H26N2O3. The Hall–Kier alpha value is -2.92. The lowest BCUT2D eigenvalue weighted by molar-refractivity contribution is -0.145. The van der Waals surface area contributed by atoms with Crippen molar-refractivity contribution in [2.24, 2.45) is 0 Å². The Morgan fingerprint density at radius 1 is 1.07 bits per heavy atom. The first-order valence-corrected chi connectivity index (χ1v) is 10.2. The number of carbonyl (C=O) groups excluding carboxylic acids is 1. The van der Waals surface area contributed by atoms with Crippen LogP contribution < -0.4 is 0 Å². The van der Waals surface area contributed by atoms with Crippen LogP contribution in [-0.4, -0.2) is 35.0 Å². The van der Waals surface area contributed by atoms with E-state index in [4.69, 9.17) is 9.15 Å². The van der Waals surface area contributed by atoms with Gasteiger partial charge >= 0.3 is 0 Å². The zero-order valence-electron chi connectivity index (χ0n) is 16.7. The molecule has 1 aliphatic rings. The van der Waals surface area contributed by atoms with Crippen molar-refractivity contribution in [2.75, 3.05) is 13.1 Å². The number of ether oxygens (including phenoxy) is 1. The molecule has 2 heterocycles. The van der Waals surface area contributed by atoms with Crippen molar-refractivity contribution in [1.82, 2.24) is 9.88 Å². The van der Waals surface area contributed by atoms with Gasteiger partial charge in [0.25, 0.3) is 0 Å². The number of hydrogen-bond acceptors (Lipinski definition) is 4. The highest BCUT2D eigenvalue weighted by molar-refractivity contribution is 5.76. The first kappa shape index (κ1) is 19.4. The summed E-state index contributed by atoms with van der Waals surface area (Å²) in [5, 5.41) is 0. The molecule has 4 rings (SSSR count). The smallest absolute Gasteiger partial charge is 0.222 e. The molecule has 0 radical (unpaired) electrons. The molecule has 0 saturated carbocycles. The van der Waals surface area contributed by atoms with Crippen LogP contribution in [0.5, 0.6) is 0 Å². The highest BCUT2D eigenvalue weighted by Gasteiger charge is 2.29. The minimum absolute atomic E-state index is 0.0260. The van der Waals surface area contributed by atoms with E-state index in [1.165, 1.54) is 0 Å². The number of carbonyl (C=O) groups is 1. The largest absolute Gasteiger partial charge is 0.441 e. The number of amides is 1. The van der Waals surface area contributed by atoms with E-state index in [0.29, 0.717) is 31.8 Å². The van der Waals surface area contributed by atoms with Crippen molar-refractivity contribution in [1.29, 1.82) is 0 Å². The van der Waals surface area contributed by atoms with Crippen LogP contribution in [0.3, 0.4) is 0 Å². The Labute approximate surface area is 171 Å². The number of hydrogen-bond donors (Lipinski definition) is 0. The van der Waals surface area contributed by atoms with E-state index < -0.39 is 0 Å². The predicted molar refractivity (Wildman–Crippen MR) is 111 cm³/mol. The molecule has 0 spiro atoms. The summed E-state index contributed by atoms with van der Waals surface area (Å²) in [5.41, 5.74) is 2.13. The monoisotopic (exact) mass is 390 g/mol. The molecule has 29 heavy (non-hydrogen) atoms. The Balaban J connectivity index is 1.30. The summed E-state index contributed by atoms with van der Waals surface area (Å²) < 4.78 is 11.9. The first-order valence-electron chi connectivity index (χ1n) is 10.2. The van der Waals surface area contributed by atoms with Gasteiger partial charge in [0.15, 0.2) is 11.7 Å². The van der Waals surface area contributed by atoms with Crippen molar-refractivity contribution >= 4 is 5.91 Å². The van der Waals surface area contributed by atoms with E-state index in [-0.39, 0.29) is 18.1 Å². The van der Waals surface area contributed by atoms with Gasteiger partial charge in [0.1, 0.15) is 6.10 Å². The van der Waals surface area contributed by atoms with Crippen molar-refractivity contribution in [3.8, 4) is 11.3 Å². The van der Waals surface area contributed by atoms with Crippen LogP contribution in [-0.2, 0) is 16.0 Å². The van der Waals surface area contributed by atoms with Gasteiger partial charge in [-0.3, -0.25) is 4.79 Å². The molecule has 2 atom stereocenters. The third kappa shape index (κ3) is 4.93. The molecule has 0 aliphatic carbocycles. The second-order valence-corrected chi connectivity index (χ2v) is 7.48. The average Bonchev–Trinajstić information content (AvgIpc) is 3.23. The summed E-state index contributed by atoms with van der Waals surface area (Å²) in [7, 11) is 0. The molecule has 1 amide bonds. The van der Waals surface area contributed by atoms with Gasteiger partial charge in [-0.1, -0.05) is 60.7 Å². The first-order chi connectivity index (χ1) is 14.2. The molecule has 0 bridgehead atoms. The summed E-state index contributed by atoms with van der Waals surface area (Å²) >= 11 is 0. The molecular weight excluding hydrogens is 364 g/mol. The van der Waals surface area contributed by atoms with Crippen molar-refractivity contribution in [2.45, 2.75) is 38.4 Å². The maximum Gasteiger partial charge on any atom is 0.222 e. The summed E-state index contributed by atoms with van der Waals surface area (Å²) in [6, 6.07) is 20.0. The molecule has 5 heteroatoms. The molecule has 1 aliphatic heterocycles. The normalized spacial score (nSPS) is 19.3. The van der Waals surface area contributed by atoms with Gasteiger partial charge < -0.3 is 14.1 Å². The standard InChI is InChI=1S/C24H26N2O3/c1-18-16-26(17-22(28-18)20-11-6-3-7-12-20)24(27)14-8-13-23-25-15-21(29-23)19-9-4-2-5-10-19/h2-7,9-12,15,18,22H,8,13-14,16-17H2,1H3. The number of aryl methyl sites for hydroxylation is 1. The molecule has 5 nitrogen and oxygen atoms in total. The van der Waals surface area contributed by atoms with E-state index >= 15 is 0 Å². The van der Waals surface area contributed by atoms with Gasteiger partial charge in [-0.15, -0.1) is 0 Å². The van der Waals surface area contributed by atoms with Crippen molar-refractivity contribution in [3.63, 3.8) is 0 Å². The van der Waals surface area contributed by atoms with Gasteiger partial charge in [0.2, 0.25) is 5.91 Å². The van der Waals surface area contributed by atoms with Crippen LogP contribution in [0.4, 0.5) is 0 Å². The van der Waals surface area contributed by atoms with E-state index in [1.807, 2.05) is 60.4 Å². The lowest BCUT2D eigenvalue weighted by Gasteiger charge is -2.37. The Morgan fingerprint density at radius 2 is 1.79 bits per heavy atom. The molecule has 1 fully saturated rings. The average molecular weight is 390 g/mol. The van der Waals surface area contributed by atoms with E-state index in [1.54, 1.807) is 6.20 Å². The van der Waals surface area contributed by atoms with Crippen LogP contribution >= 0.6 is 0 Å². The second-order valence-electron chi connectivity index (χ2n) is 7.48. The van der Waals surface area contributed by atoms with Gasteiger partial charge in [0, 0.05) is 24.9 Å². The van der Waals surface area contributed by atoms with Gasteiger partial charge in [0.05, 0.1) is 18.8 Å². The Morgan fingerprint density at radius 3 is 2.55 bits per heavy atom. The Bertz CT molecular complexity index is 924. The zero-order valence-corrected chi connectivity index (χ0v) is 16.7. The highest BCUT2D eigenvalue weighted by Crippen LogP contribution is 2.26. The fourth-order valence-corrected chi connectivity index (χ4v) is 3.72. The summed E-state index contributed by atoms with van der Waals surface area (Å²) in [5.74, 6) is 1.60. The van der Waals surface area contributed by atoms with Crippen LogP contribution in [0.1, 0.15) is 37.3 Å². The third-order valence-corrected chi connectivity index (χ3v) is 5.18. The number of nitrogens with zero attached hydrogens (tertiary/aromatic N) is 2. The minimum Gasteiger partial charge on any atom is -0.441 e. The lowest BCUT2D eigenvalue weighted by Crippen LogP contribution is -2.45. The number of aromatic nitrogens is 1. The molecule has 2 aromatic carbocycles. The van der Waals surface area contributed by atoms with E-state index in [0.717, 1.165) is 23.3 Å². The molecule has 3 aromatic rings. The van der Waals surface area contributed by atoms with Gasteiger partial charge in [-0.2, -0.15) is 0 Å². The van der Waals surface area contributed by atoms with Crippen LogP contribution in [0, 0.1) is 0 Å². The molecule has 0 N–H and O–H groups in total. The minimum atomic E-state index is -0.0657. The van der Waals surface area contributed by atoms with Gasteiger partial charge in [-0.05, 0) is 18.9 Å². The van der Waals surface area contributed by atoms with Crippen LogP contribution in [0.15, 0.2) is 71.3 Å².